The fraction of sp³-hybridized carbons (Fsp3) is 0.700. The van der Waals surface area contributed by atoms with Crippen molar-refractivity contribution in [2.24, 2.45) is 17.8 Å². The van der Waals surface area contributed by atoms with Crippen LogP contribution in [0.25, 0.3) is 0 Å². The maximum atomic E-state index is 10.5. The molecule has 2 rings (SSSR count). The molecule has 0 aromatic rings. The van der Waals surface area contributed by atoms with Gasteiger partial charge in [0, 0.05) is 5.92 Å². The smallest absolute Gasteiger partial charge is 0.123 e. The highest BCUT2D eigenvalue weighted by atomic mass is 16.1. The highest BCUT2D eigenvalue weighted by molar-refractivity contribution is 5.59. The number of allylic oxidation sites excluding steroid dienone is 2. The summed E-state index contributed by atoms with van der Waals surface area (Å²) in [6, 6.07) is 0. The second-order valence-corrected chi connectivity index (χ2v) is 3.67. The molecule has 1 fully saturated rings. The third kappa shape index (κ3) is 1.24. The van der Waals surface area contributed by atoms with E-state index in [4.69, 9.17) is 0 Å². The van der Waals surface area contributed by atoms with Crippen molar-refractivity contribution in [1.29, 1.82) is 0 Å². The van der Waals surface area contributed by atoms with Gasteiger partial charge in [0.1, 0.15) is 6.29 Å². The topological polar surface area (TPSA) is 17.1 Å². The zero-order valence-corrected chi connectivity index (χ0v) is 6.70. The summed E-state index contributed by atoms with van der Waals surface area (Å²) in [5.41, 5.74) is 0. The van der Waals surface area contributed by atoms with Gasteiger partial charge in [-0.3, -0.25) is 0 Å². The van der Waals surface area contributed by atoms with Gasteiger partial charge in [-0.2, -0.15) is 0 Å². The molecule has 0 saturated heterocycles. The molecule has 0 amide bonds. The number of rotatable bonds is 1. The zero-order valence-electron chi connectivity index (χ0n) is 6.70. The van der Waals surface area contributed by atoms with Crippen molar-refractivity contribution in [2.75, 3.05) is 0 Å². The van der Waals surface area contributed by atoms with E-state index in [-0.39, 0.29) is 0 Å². The lowest BCUT2D eigenvalue weighted by atomic mass is 10.1. The minimum Gasteiger partial charge on any atom is -0.303 e. The molecule has 1 saturated carbocycles. The molecule has 0 aromatic carbocycles. The number of hydrogen-bond donors (Lipinski definition) is 0. The van der Waals surface area contributed by atoms with Crippen LogP contribution in [-0.2, 0) is 4.79 Å². The van der Waals surface area contributed by atoms with Crippen LogP contribution in [0.15, 0.2) is 12.2 Å². The molecular weight excluding hydrogens is 136 g/mol. The first kappa shape index (κ1) is 7.08. The summed E-state index contributed by atoms with van der Waals surface area (Å²) in [6.07, 6.45) is 10.5. The lowest BCUT2D eigenvalue weighted by molar-refractivity contribution is -0.109. The molecular formula is C10H14O. The van der Waals surface area contributed by atoms with E-state index in [1.165, 1.54) is 32.0 Å². The first-order valence-electron chi connectivity index (χ1n) is 4.54. The van der Waals surface area contributed by atoms with E-state index >= 15 is 0 Å². The molecule has 0 N–H and O–H groups in total. The summed E-state index contributed by atoms with van der Waals surface area (Å²) in [5, 5.41) is 0. The molecule has 60 valence electrons. The highest BCUT2D eigenvalue weighted by Crippen LogP contribution is 2.51. The molecule has 0 aromatic heterocycles. The quantitative estimate of drug-likeness (QED) is 0.413. The number of aldehydes is 1. The van der Waals surface area contributed by atoms with E-state index < -0.39 is 0 Å². The predicted octanol–water partition coefficient (Wildman–Crippen LogP) is 2.18. The van der Waals surface area contributed by atoms with Gasteiger partial charge in [0.25, 0.3) is 0 Å². The lowest BCUT2D eigenvalue weighted by Gasteiger charge is -1.99. The van der Waals surface area contributed by atoms with Crippen LogP contribution in [0.5, 0.6) is 0 Å². The van der Waals surface area contributed by atoms with Crippen LogP contribution in [0.1, 0.15) is 25.7 Å². The third-order valence-electron chi connectivity index (χ3n) is 3.05. The van der Waals surface area contributed by atoms with Gasteiger partial charge in [0.15, 0.2) is 0 Å². The normalized spacial score (nSPS) is 44.9. The Morgan fingerprint density at radius 2 is 1.64 bits per heavy atom. The summed E-state index contributed by atoms with van der Waals surface area (Å²) in [7, 11) is 0. The number of hydrogen-bond acceptors (Lipinski definition) is 1. The predicted molar refractivity (Wildman–Crippen MR) is 44.1 cm³/mol. The Morgan fingerprint density at radius 1 is 1.09 bits per heavy atom. The third-order valence-corrected chi connectivity index (χ3v) is 3.05. The van der Waals surface area contributed by atoms with E-state index in [0.717, 1.165) is 11.8 Å². The van der Waals surface area contributed by atoms with Crippen LogP contribution in [0.3, 0.4) is 0 Å². The average molecular weight is 150 g/mol. The van der Waals surface area contributed by atoms with Gasteiger partial charge in [-0.05, 0) is 37.5 Å². The van der Waals surface area contributed by atoms with Gasteiger partial charge in [-0.25, -0.2) is 0 Å². The van der Waals surface area contributed by atoms with Gasteiger partial charge >= 0.3 is 0 Å². The van der Waals surface area contributed by atoms with Crippen molar-refractivity contribution in [2.45, 2.75) is 25.7 Å². The molecule has 2 unspecified atom stereocenters. The fourth-order valence-electron chi connectivity index (χ4n) is 2.30. The summed E-state index contributed by atoms with van der Waals surface area (Å²) in [5.74, 6) is 1.92. The molecule has 1 heteroatoms. The van der Waals surface area contributed by atoms with E-state index in [0.29, 0.717) is 5.92 Å². The van der Waals surface area contributed by atoms with E-state index in [9.17, 15) is 4.79 Å². The molecule has 2 aliphatic carbocycles. The van der Waals surface area contributed by atoms with Crippen molar-refractivity contribution in [3.63, 3.8) is 0 Å². The first-order valence-corrected chi connectivity index (χ1v) is 4.54. The molecule has 2 aliphatic rings. The molecule has 0 bridgehead atoms. The number of carbonyl (C=O) groups is 1. The van der Waals surface area contributed by atoms with Crippen molar-refractivity contribution >= 4 is 6.29 Å². The van der Waals surface area contributed by atoms with Crippen molar-refractivity contribution in [1.82, 2.24) is 0 Å². The van der Waals surface area contributed by atoms with Crippen molar-refractivity contribution in [3.8, 4) is 0 Å². The largest absolute Gasteiger partial charge is 0.303 e. The van der Waals surface area contributed by atoms with Gasteiger partial charge in [0.2, 0.25) is 0 Å². The van der Waals surface area contributed by atoms with Gasteiger partial charge in [-0.15, -0.1) is 0 Å². The molecule has 11 heavy (non-hydrogen) atoms. The molecule has 1 nitrogen and oxygen atoms in total. The maximum Gasteiger partial charge on any atom is 0.123 e. The zero-order chi connectivity index (χ0) is 7.68. The monoisotopic (exact) mass is 150 g/mol. The van der Waals surface area contributed by atoms with E-state index in [1.54, 1.807) is 0 Å². The Hall–Kier alpha value is -0.590. The second-order valence-electron chi connectivity index (χ2n) is 3.67. The Kier molecular flexibility index (Phi) is 1.80. The SMILES string of the molecule is O=CC1C2CC/C=C\CCC12. The number of fused-ring (bicyclic) bond motifs is 1. The van der Waals surface area contributed by atoms with E-state index in [1.807, 2.05) is 0 Å². The van der Waals surface area contributed by atoms with Crippen LogP contribution in [0.2, 0.25) is 0 Å². The van der Waals surface area contributed by atoms with Gasteiger partial charge in [0.05, 0.1) is 0 Å². The minimum atomic E-state index is 0.426. The Morgan fingerprint density at radius 3 is 2.09 bits per heavy atom. The van der Waals surface area contributed by atoms with Crippen LogP contribution >= 0.6 is 0 Å². The lowest BCUT2D eigenvalue weighted by Crippen LogP contribution is -1.85. The maximum absolute atomic E-state index is 10.5. The minimum absolute atomic E-state index is 0.426. The standard InChI is InChI=1S/C10H14O/c11-7-10-8-5-3-1-2-4-6-9(8)10/h1-2,7-10H,3-6H2/b2-1-. The Bertz CT molecular complexity index is 167. The van der Waals surface area contributed by atoms with Crippen LogP contribution in [0, 0.1) is 17.8 Å². The van der Waals surface area contributed by atoms with Crippen LogP contribution in [-0.4, -0.2) is 6.29 Å². The number of carbonyl (C=O) groups excluding carboxylic acids is 1. The summed E-state index contributed by atoms with van der Waals surface area (Å²) >= 11 is 0. The molecule has 0 radical (unpaired) electrons. The summed E-state index contributed by atoms with van der Waals surface area (Å²) in [6.45, 7) is 0. The molecule has 2 atom stereocenters. The van der Waals surface area contributed by atoms with E-state index in [2.05, 4.69) is 12.2 Å². The fourth-order valence-corrected chi connectivity index (χ4v) is 2.30. The molecule has 0 spiro atoms. The van der Waals surface area contributed by atoms with Crippen LogP contribution < -0.4 is 0 Å². The molecule has 0 aliphatic heterocycles. The average Bonchev–Trinajstić information content (AvgIpc) is 2.60. The highest BCUT2D eigenvalue weighted by Gasteiger charge is 2.48. The Labute approximate surface area is 67.5 Å². The Balaban J connectivity index is 1.96. The summed E-state index contributed by atoms with van der Waals surface area (Å²) < 4.78 is 0. The van der Waals surface area contributed by atoms with Crippen molar-refractivity contribution < 1.29 is 4.79 Å². The molecule has 0 heterocycles. The van der Waals surface area contributed by atoms with Crippen molar-refractivity contribution in [3.05, 3.63) is 12.2 Å². The van der Waals surface area contributed by atoms with Crippen LogP contribution in [0.4, 0.5) is 0 Å². The second kappa shape index (κ2) is 2.80. The summed E-state index contributed by atoms with van der Waals surface area (Å²) in [4.78, 5) is 10.5. The van der Waals surface area contributed by atoms with Gasteiger partial charge < -0.3 is 4.79 Å². The van der Waals surface area contributed by atoms with Gasteiger partial charge in [-0.1, -0.05) is 12.2 Å². The first-order chi connectivity index (χ1) is 5.43.